The Morgan fingerprint density at radius 2 is 1.95 bits per heavy atom. The zero-order chi connectivity index (χ0) is 15.3. The fourth-order valence-corrected chi connectivity index (χ4v) is 2.40. The van der Waals surface area contributed by atoms with Crippen LogP contribution in [0.25, 0.3) is 0 Å². The molecule has 1 aliphatic carbocycles. The number of amides is 2. The minimum Gasteiger partial charge on any atom is -0.396 e. The van der Waals surface area contributed by atoms with Crippen molar-refractivity contribution in [1.82, 2.24) is 10.6 Å². The third-order valence-corrected chi connectivity index (χ3v) is 4.12. The van der Waals surface area contributed by atoms with Gasteiger partial charge >= 0.3 is 0 Å². The van der Waals surface area contributed by atoms with Crippen LogP contribution in [0.1, 0.15) is 29.6 Å². The van der Waals surface area contributed by atoms with E-state index in [1.165, 1.54) is 0 Å². The molecule has 1 aromatic carbocycles. The van der Waals surface area contributed by atoms with Crippen LogP contribution in [-0.2, 0) is 4.79 Å². The maximum absolute atomic E-state index is 11.9. The molecule has 0 heterocycles. The summed E-state index contributed by atoms with van der Waals surface area (Å²) in [6.07, 6.45) is 2.76. The van der Waals surface area contributed by atoms with Crippen LogP contribution in [0.2, 0.25) is 5.02 Å². The van der Waals surface area contributed by atoms with Crippen LogP contribution in [0.5, 0.6) is 0 Å². The molecule has 0 spiro atoms. The number of benzene rings is 1. The Labute approximate surface area is 128 Å². The quantitative estimate of drug-likeness (QED) is 0.711. The number of aliphatic hydroxyl groups excluding tert-OH is 1. The van der Waals surface area contributed by atoms with Crippen LogP contribution in [0.4, 0.5) is 0 Å². The summed E-state index contributed by atoms with van der Waals surface area (Å²) in [5.74, 6) is -0.605. The van der Waals surface area contributed by atoms with Gasteiger partial charge in [-0.2, -0.15) is 0 Å². The summed E-state index contributed by atoms with van der Waals surface area (Å²) in [5, 5.41) is 14.6. The maximum Gasteiger partial charge on any atom is 0.253 e. The Bertz CT molecular complexity index is 529. The second kappa shape index (κ2) is 6.91. The van der Waals surface area contributed by atoms with E-state index >= 15 is 0 Å². The van der Waals surface area contributed by atoms with Gasteiger partial charge in [0.05, 0.1) is 17.1 Å². The van der Waals surface area contributed by atoms with Crippen LogP contribution in [0.15, 0.2) is 24.3 Å². The second-order valence-corrected chi connectivity index (χ2v) is 5.82. The molecular weight excluding hydrogens is 292 g/mol. The number of rotatable bonds is 7. The molecule has 1 saturated carbocycles. The molecule has 5 nitrogen and oxygen atoms in total. The Hall–Kier alpha value is -1.59. The lowest BCUT2D eigenvalue weighted by Gasteiger charge is -2.14. The molecule has 1 aliphatic rings. The van der Waals surface area contributed by atoms with Crippen molar-refractivity contribution in [2.75, 3.05) is 19.7 Å². The Morgan fingerprint density at radius 3 is 2.57 bits per heavy atom. The van der Waals surface area contributed by atoms with Crippen LogP contribution in [0.3, 0.4) is 0 Å². The molecule has 1 fully saturated rings. The highest BCUT2D eigenvalue weighted by Gasteiger charge is 2.41. The van der Waals surface area contributed by atoms with E-state index in [2.05, 4.69) is 10.6 Å². The summed E-state index contributed by atoms with van der Waals surface area (Å²) in [6, 6.07) is 6.69. The normalized spacial score (nSPS) is 15.3. The summed E-state index contributed by atoms with van der Waals surface area (Å²) in [5.41, 5.74) is 0.419. The van der Waals surface area contributed by atoms with Crippen LogP contribution in [0, 0.1) is 5.41 Å². The molecular formula is C15H19ClN2O3. The minimum absolute atomic E-state index is 0.0666. The number of hydrogen-bond donors (Lipinski definition) is 3. The van der Waals surface area contributed by atoms with Gasteiger partial charge in [0.2, 0.25) is 5.91 Å². The molecule has 6 heteroatoms. The van der Waals surface area contributed by atoms with E-state index in [0.717, 1.165) is 12.8 Å². The number of nitrogens with one attached hydrogen (secondary N) is 2. The van der Waals surface area contributed by atoms with E-state index in [-0.39, 0.29) is 30.4 Å². The number of carbonyl (C=O) groups is 2. The number of hydrogen-bond acceptors (Lipinski definition) is 3. The van der Waals surface area contributed by atoms with Gasteiger partial charge in [0.1, 0.15) is 0 Å². The largest absolute Gasteiger partial charge is 0.396 e. The lowest BCUT2D eigenvalue weighted by molar-refractivity contribution is -0.120. The molecule has 0 aliphatic heterocycles. The van der Waals surface area contributed by atoms with E-state index in [4.69, 9.17) is 16.7 Å². The van der Waals surface area contributed by atoms with Crippen LogP contribution >= 0.6 is 11.6 Å². The summed E-state index contributed by atoms with van der Waals surface area (Å²) >= 11 is 5.91. The summed E-state index contributed by atoms with van der Waals surface area (Å²) in [4.78, 5) is 23.6. The van der Waals surface area contributed by atoms with E-state index in [1.807, 2.05) is 0 Å². The van der Waals surface area contributed by atoms with Crippen LogP contribution < -0.4 is 10.6 Å². The molecule has 3 N–H and O–H groups in total. The van der Waals surface area contributed by atoms with Gasteiger partial charge in [-0.1, -0.05) is 23.7 Å². The SMILES string of the molecule is O=C(CNC(=O)c1ccccc1Cl)NCC1(CCO)CC1. The van der Waals surface area contributed by atoms with Crippen molar-refractivity contribution >= 4 is 23.4 Å². The molecule has 0 unspecified atom stereocenters. The topological polar surface area (TPSA) is 78.4 Å². The smallest absolute Gasteiger partial charge is 0.253 e. The monoisotopic (exact) mass is 310 g/mol. The van der Waals surface area contributed by atoms with Gasteiger partial charge in [-0.05, 0) is 36.8 Å². The van der Waals surface area contributed by atoms with Gasteiger partial charge in [-0.3, -0.25) is 9.59 Å². The van der Waals surface area contributed by atoms with Crippen molar-refractivity contribution in [3.8, 4) is 0 Å². The second-order valence-electron chi connectivity index (χ2n) is 5.41. The van der Waals surface area contributed by atoms with Crippen molar-refractivity contribution in [3.63, 3.8) is 0 Å². The zero-order valence-corrected chi connectivity index (χ0v) is 12.4. The highest BCUT2D eigenvalue weighted by molar-refractivity contribution is 6.33. The lowest BCUT2D eigenvalue weighted by atomic mass is 10.0. The van der Waals surface area contributed by atoms with E-state index < -0.39 is 0 Å². The molecule has 114 valence electrons. The van der Waals surface area contributed by atoms with Crippen molar-refractivity contribution in [2.24, 2.45) is 5.41 Å². The van der Waals surface area contributed by atoms with Gasteiger partial charge in [-0.15, -0.1) is 0 Å². The maximum atomic E-state index is 11.9. The molecule has 0 saturated heterocycles. The Kier molecular flexibility index (Phi) is 5.20. The van der Waals surface area contributed by atoms with Gasteiger partial charge in [-0.25, -0.2) is 0 Å². The van der Waals surface area contributed by atoms with Crippen molar-refractivity contribution in [1.29, 1.82) is 0 Å². The molecule has 1 aromatic rings. The molecule has 0 aromatic heterocycles. The van der Waals surface area contributed by atoms with Crippen molar-refractivity contribution in [2.45, 2.75) is 19.3 Å². The fraction of sp³-hybridized carbons (Fsp3) is 0.467. The molecule has 0 atom stereocenters. The number of halogens is 1. The van der Waals surface area contributed by atoms with Gasteiger partial charge in [0, 0.05) is 13.2 Å². The number of aliphatic hydroxyl groups is 1. The van der Waals surface area contributed by atoms with Crippen LogP contribution in [-0.4, -0.2) is 36.6 Å². The average Bonchev–Trinajstić information content (AvgIpc) is 3.24. The zero-order valence-electron chi connectivity index (χ0n) is 11.7. The Balaban J connectivity index is 1.74. The minimum atomic E-state index is -0.368. The van der Waals surface area contributed by atoms with E-state index in [9.17, 15) is 9.59 Å². The first-order valence-corrected chi connectivity index (χ1v) is 7.34. The summed E-state index contributed by atoms with van der Waals surface area (Å²) < 4.78 is 0. The van der Waals surface area contributed by atoms with Gasteiger partial charge in [0.25, 0.3) is 5.91 Å². The van der Waals surface area contributed by atoms with Crippen molar-refractivity contribution in [3.05, 3.63) is 34.9 Å². The van der Waals surface area contributed by atoms with Gasteiger partial charge in [0.15, 0.2) is 0 Å². The summed E-state index contributed by atoms with van der Waals surface area (Å²) in [7, 11) is 0. The van der Waals surface area contributed by atoms with Gasteiger partial charge < -0.3 is 15.7 Å². The molecule has 2 rings (SSSR count). The Morgan fingerprint density at radius 1 is 1.24 bits per heavy atom. The van der Waals surface area contributed by atoms with E-state index in [0.29, 0.717) is 23.6 Å². The first-order chi connectivity index (χ1) is 10.1. The lowest BCUT2D eigenvalue weighted by Crippen LogP contribution is -2.39. The highest BCUT2D eigenvalue weighted by atomic mass is 35.5. The predicted octanol–water partition coefficient (Wildman–Crippen LogP) is 1.35. The molecule has 0 radical (unpaired) electrons. The third-order valence-electron chi connectivity index (χ3n) is 3.79. The van der Waals surface area contributed by atoms with Crippen molar-refractivity contribution < 1.29 is 14.7 Å². The third kappa shape index (κ3) is 4.44. The molecule has 2 amide bonds. The first kappa shape index (κ1) is 15.8. The molecule has 0 bridgehead atoms. The molecule has 21 heavy (non-hydrogen) atoms. The summed E-state index contributed by atoms with van der Waals surface area (Å²) in [6.45, 7) is 0.604. The number of carbonyl (C=O) groups excluding carboxylic acids is 2. The highest BCUT2D eigenvalue weighted by Crippen LogP contribution is 2.47. The predicted molar refractivity (Wildman–Crippen MR) is 80.2 cm³/mol. The first-order valence-electron chi connectivity index (χ1n) is 6.97. The fourth-order valence-electron chi connectivity index (χ4n) is 2.18. The average molecular weight is 311 g/mol. The van der Waals surface area contributed by atoms with E-state index in [1.54, 1.807) is 24.3 Å². The standard InChI is InChI=1S/C15H19ClN2O3/c16-12-4-2-1-3-11(12)14(21)17-9-13(20)18-10-15(5-6-15)7-8-19/h1-4,19H,5-10H2,(H,17,21)(H,18,20).